The molecule has 0 unspecified atom stereocenters. The third-order valence-electron chi connectivity index (χ3n) is 5.28. The Hall–Kier alpha value is -3.92. The largest absolute Gasteiger partial charge is 0.368 e. The first-order valence-electron chi connectivity index (χ1n) is 10.8. The number of benzene rings is 2. The summed E-state index contributed by atoms with van der Waals surface area (Å²) < 4.78 is 1.56. The second kappa shape index (κ2) is 11.0. The molecule has 3 amide bonds. The highest BCUT2D eigenvalue weighted by molar-refractivity contribution is 6.35. The van der Waals surface area contributed by atoms with E-state index in [1.54, 1.807) is 41.9 Å². The van der Waals surface area contributed by atoms with Crippen molar-refractivity contribution in [3.05, 3.63) is 92.7 Å². The number of nitrogens with two attached hydrogens (primary N) is 1. The average Bonchev–Trinajstić information content (AvgIpc) is 3.20. The SMILES string of the molecule is Cc1c(C(=O)Nc2cc(C(=O)NCC(N)=O)ccn2)nn(-c2ccc(Cl)cc2Cl)c1-c1ccc(Cl)cc1. The Kier molecular flexibility index (Phi) is 7.77. The molecule has 0 aliphatic rings. The number of pyridine rings is 1. The van der Waals surface area contributed by atoms with Gasteiger partial charge in [0.25, 0.3) is 11.8 Å². The quantitative estimate of drug-likeness (QED) is 0.304. The zero-order valence-electron chi connectivity index (χ0n) is 19.3. The summed E-state index contributed by atoms with van der Waals surface area (Å²) in [6.45, 7) is 1.44. The Morgan fingerprint density at radius 3 is 2.32 bits per heavy atom. The summed E-state index contributed by atoms with van der Waals surface area (Å²) in [5, 5.41) is 11.0. The molecule has 2 aromatic carbocycles. The first-order chi connectivity index (χ1) is 17.6. The highest BCUT2D eigenvalue weighted by Gasteiger charge is 2.24. The maximum absolute atomic E-state index is 13.3. The fraction of sp³-hybridized carbons (Fsp3) is 0.0800. The van der Waals surface area contributed by atoms with E-state index in [9.17, 15) is 14.4 Å². The van der Waals surface area contributed by atoms with Gasteiger partial charge in [-0.1, -0.05) is 46.9 Å². The van der Waals surface area contributed by atoms with Crippen LogP contribution in [0.1, 0.15) is 26.4 Å². The van der Waals surface area contributed by atoms with Crippen molar-refractivity contribution in [1.29, 1.82) is 0 Å². The lowest BCUT2D eigenvalue weighted by molar-refractivity contribution is -0.117. The van der Waals surface area contributed by atoms with Gasteiger partial charge in [-0.2, -0.15) is 5.10 Å². The number of nitrogens with one attached hydrogen (secondary N) is 2. The predicted molar refractivity (Wildman–Crippen MR) is 142 cm³/mol. The monoisotopic (exact) mass is 556 g/mol. The molecule has 0 saturated heterocycles. The third kappa shape index (κ3) is 5.91. The lowest BCUT2D eigenvalue weighted by Gasteiger charge is -2.11. The van der Waals surface area contributed by atoms with Gasteiger partial charge in [0.1, 0.15) is 5.82 Å². The van der Waals surface area contributed by atoms with Gasteiger partial charge in [0.15, 0.2) is 5.69 Å². The standard InChI is InChI=1S/C25H19Cl3N6O3/c1-13-22(25(37)32-21-10-15(8-9-30-21)24(36)31-12-20(29)35)33-34(19-7-6-17(27)11-18(19)28)23(13)14-2-4-16(26)5-3-14/h2-11H,12H2,1H3,(H2,29,35)(H,31,36)(H,30,32,37). The van der Waals surface area contributed by atoms with Crippen molar-refractivity contribution in [3.63, 3.8) is 0 Å². The minimum Gasteiger partial charge on any atom is -0.368 e. The van der Waals surface area contributed by atoms with Gasteiger partial charge < -0.3 is 16.4 Å². The molecule has 9 nitrogen and oxygen atoms in total. The highest BCUT2D eigenvalue weighted by atomic mass is 35.5. The van der Waals surface area contributed by atoms with Crippen LogP contribution in [0.15, 0.2) is 60.8 Å². The van der Waals surface area contributed by atoms with Crippen molar-refractivity contribution < 1.29 is 14.4 Å². The van der Waals surface area contributed by atoms with Crippen LogP contribution in [0.4, 0.5) is 5.82 Å². The number of aromatic nitrogens is 3. The summed E-state index contributed by atoms with van der Waals surface area (Å²) in [7, 11) is 0. The summed E-state index contributed by atoms with van der Waals surface area (Å²) in [6, 6.07) is 14.8. The molecule has 188 valence electrons. The zero-order chi connectivity index (χ0) is 26.7. The van der Waals surface area contributed by atoms with E-state index in [1.165, 1.54) is 18.3 Å². The lowest BCUT2D eigenvalue weighted by atomic mass is 10.1. The minimum absolute atomic E-state index is 0.112. The van der Waals surface area contributed by atoms with Gasteiger partial charge in [0, 0.05) is 32.9 Å². The maximum atomic E-state index is 13.3. The molecule has 2 aromatic heterocycles. The van der Waals surface area contributed by atoms with Crippen LogP contribution in [0.25, 0.3) is 16.9 Å². The van der Waals surface area contributed by atoms with Crippen molar-refractivity contribution in [1.82, 2.24) is 20.1 Å². The van der Waals surface area contributed by atoms with E-state index < -0.39 is 17.7 Å². The molecule has 0 fully saturated rings. The Bertz CT molecular complexity index is 1520. The number of primary amides is 1. The molecular weight excluding hydrogens is 539 g/mol. The van der Waals surface area contributed by atoms with Crippen LogP contribution in [0.3, 0.4) is 0 Å². The molecule has 0 radical (unpaired) electrons. The molecule has 12 heteroatoms. The van der Waals surface area contributed by atoms with E-state index >= 15 is 0 Å². The summed E-state index contributed by atoms with van der Waals surface area (Å²) in [4.78, 5) is 40.6. The van der Waals surface area contributed by atoms with E-state index in [0.29, 0.717) is 32.0 Å². The molecule has 37 heavy (non-hydrogen) atoms. The van der Waals surface area contributed by atoms with Crippen LogP contribution < -0.4 is 16.4 Å². The third-order valence-corrected chi connectivity index (χ3v) is 6.07. The lowest BCUT2D eigenvalue weighted by Crippen LogP contribution is -2.33. The molecule has 0 atom stereocenters. The van der Waals surface area contributed by atoms with Crippen LogP contribution in [0.5, 0.6) is 0 Å². The Balaban J connectivity index is 1.72. The van der Waals surface area contributed by atoms with Crippen molar-refractivity contribution >= 4 is 58.3 Å². The first-order valence-corrected chi connectivity index (χ1v) is 11.9. The van der Waals surface area contributed by atoms with Crippen molar-refractivity contribution in [2.45, 2.75) is 6.92 Å². The van der Waals surface area contributed by atoms with Gasteiger partial charge in [0.2, 0.25) is 5.91 Å². The summed E-state index contributed by atoms with van der Waals surface area (Å²) >= 11 is 18.6. The zero-order valence-corrected chi connectivity index (χ0v) is 21.5. The molecule has 0 spiro atoms. The molecule has 0 aliphatic carbocycles. The minimum atomic E-state index is -0.681. The predicted octanol–water partition coefficient (Wildman–Crippen LogP) is 4.67. The summed E-state index contributed by atoms with van der Waals surface area (Å²) in [5.74, 6) is -1.67. The van der Waals surface area contributed by atoms with E-state index in [2.05, 4.69) is 20.7 Å². The Labute approximate surface area is 226 Å². The normalized spacial score (nSPS) is 10.7. The molecule has 0 bridgehead atoms. The molecule has 2 heterocycles. The number of rotatable bonds is 7. The molecule has 4 N–H and O–H groups in total. The topological polar surface area (TPSA) is 132 Å². The Morgan fingerprint density at radius 1 is 0.946 bits per heavy atom. The van der Waals surface area contributed by atoms with Crippen molar-refractivity contribution in [3.8, 4) is 16.9 Å². The van der Waals surface area contributed by atoms with Crippen LogP contribution in [-0.2, 0) is 4.79 Å². The molecule has 0 aliphatic heterocycles. The van der Waals surface area contributed by atoms with E-state index in [1.807, 2.05) is 12.1 Å². The fourth-order valence-electron chi connectivity index (χ4n) is 3.57. The maximum Gasteiger partial charge on any atom is 0.277 e. The van der Waals surface area contributed by atoms with Gasteiger partial charge in [0.05, 0.1) is 22.9 Å². The number of carbonyl (C=O) groups excluding carboxylic acids is 3. The Morgan fingerprint density at radius 2 is 1.65 bits per heavy atom. The summed E-state index contributed by atoms with van der Waals surface area (Å²) in [6.07, 6.45) is 1.35. The second-order valence-corrected chi connectivity index (χ2v) is 9.15. The van der Waals surface area contributed by atoms with Crippen molar-refractivity contribution in [2.24, 2.45) is 5.73 Å². The van der Waals surface area contributed by atoms with E-state index in [-0.39, 0.29) is 23.6 Å². The number of amides is 3. The van der Waals surface area contributed by atoms with E-state index in [0.717, 1.165) is 5.56 Å². The van der Waals surface area contributed by atoms with Crippen LogP contribution in [0.2, 0.25) is 15.1 Å². The average molecular weight is 558 g/mol. The first kappa shape index (κ1) is 26.2. The fourth-order valence-corrected chi connectivity index (χ4v) is 4.19. The number of nitrogens with zero attached hydrogens (tertiary/aromatic N) is 3. The number of hydrogen-bond donors (Lipinski definition) is 3. The van der Waals surface area contributed by atoms with Crippen molar-refractivity contribution in [2.75, 3.05) is 11.9 Å². The van der Waals surface area contributed by atoms with Gasteiger partial charge in [-0.25, -0.2) is 9.67 Å². The highest BCUT2D eigenvalue weighted by Crippen LogP contribution is 2.33. The summed E-state index contributed by atoms with van der Waals surface area (Å²) in [5.41, 5.74) is 7.83. The number of hydrogen-bond acceptors (Lipinski definition) is 5. The number of halogens is 3. The van der Waals surface area contributed by atoms with Crippen LogP contribution >= 0.6 is 34.8 Å². The van der Waals surface area contributed by atoms with Gasteiger partial charge in [-0.05, 0) is 49.4 Å². The molecule has 4 aromatic rings. The second-order valence-electron chi connectivity index (χ2n) is 7.87. The van der Waals surface area contributed by atoms with Crippen LogP contribution in [0, 0.1) is 6.92 Å². The molecule has 0 saturated carbocycles. The molecular formula is C25H19Cl3N6O3. The smallest absolute Gasteiger partial charge is 0.277 e. The van der Waals surface area contributed by atoms with Gasteiger partial charge >= 0.3 is 0 Å². The number of carbonyl (C=O) groups is 3. The van der Waals surface area contributed by atoms with E-state index in [4.69, 9.17) is 40.5 Å². The van der Waals surface area contributed by atoms with Gasteiger partial charge in [-0.15, -0.1) is 0 Å². The number of anilines is 1. The van der Waals surface area contributed by atoms with Crippen LogP contribution in [-0.4, -0.2) is 39.0 Å². The van der Waals surface area contributed by atoms with Gasteiger partial charge in [-0.3, -0.25) is 14.4 Å². The molecule has 4 rings (SSSR count).